The van der Waals surface area contributed by atoms with Crippen LogP contribution in [0.3, 0.4) is 0 Å². The Balaban J connectivity index is 3.10. The lowest BCUT2D eigenvalue weighted by molar-refractivity contribution is -0.0369. The van der Waals surface area contributed by atoms with Crippen LogP contribution in [0, 0.1) is 0 Å². The zero-order chi connectivity index (χ0) is 17.7. The van der Waals surface area contributed by atoms with E-state index < -0.39 is 6.10 Å². The molecule has 0 bridgehead atoms. The van der Waals surface area contributed by atoms with Crippen LogP contribution in [0.4, 0.5) is 0 Å². The van der Waals surface area contributed by atoms with Gasteiger partial charge in [0.1, 0.15) is 6.10 Å². The molecule has 0 rings (SSSR count). The molecule has 0 saturated carbocycles. The highest BCUT2D eigenvalue weighted by Gasteiger charge is 2.04. The maximum atomic E-state index is 9.70. The summed E-state index contributed by atoms with van der Waals surface area (Å²) in [5.74, 6) is 0. The van der Waals surface area contributed by atoms with Crippen molar-refractivity contribution >= 4 is 0 Å². The lowest BCUT2D eigenvalue weighted by atomic mass is 10.2. The second kappa shape index (κ2) is 20.8. The highest BCUT2D eigenvalue weighted by Crippen LogP contribution is 2.00. The van der Waals surface area contributed by atoms with E-state index in [1.54, 1.807) is 0 Å². The summed E-state index contributed by atoms with van der Waals surface area (Å²) in [7, 11) is 0. The summed E-state index contributed by atoms with van der Waals surface area (Å²) in [5, 5.41) is 9.70. The van der Waals surface area contributed by atoms with E-state index in [1.165, 1.54) is 38.5 Å². The van der Waals surface area contributed by atoms with Crippen LogP contribution >= 0.6 is 0 Å². The topological polar surface area (TPSA) is 57.2 Å². The zero-order valence-electron chi connectivity index (χ0n) is 16.0. The molecule has 0 saturated heterocycles. The molecule has 0 unspecified atom stereocenters. The fraction of sp³-hybridized carbons (Fsp3) is 1.00. The molecule has 146 valence electrons. The van der Waals surface area contributed by atoms with Gasteiger partial charge in [0.05, 0.1) is 39.6 Å². The highest BCUT2D eigenvalue weighted by molar-refractivity contribution is 4.51. The van der Waals surface area contributed by atoms with Crippen LogP contribution in [-0.4, -0.2) is 64.1 Å². The molecule has 5 heteroatoms. The van der Waals surface area contributed by atoms with E-state index in [1.807, 2.05) is 0 Å². The van der Waals surface area contributed by atoms with Crippen LogP contribution in [-0.2, 0) is 18.9 Å². The molecule has 0 aromatic rings. The number of aliphatic hydroxyl groups excluding tert-OH is 1. The van der Waals surface area contributed by atoms with Crippen LogP contribution in [0.15, 0.2) is 0 Å². The smallest absolute Gasteiger partial charge is 0.101 e. The highest BCUT2D eigenvalue weighted by atomic mass is 16.5. The lowest BCUT2D eigenvalue weighted by Crippen LogP contribution is -2.23. The van der Waals surface area contributed by atoms with Gasteiger partial charge in [-0.1, -0.05) is 52.4 Å². The van der Waals surface area contributed by atoms with Crippen LogP contribution in [0.25, 0.3) is 0 Å². The molecule has 1 N–H and O–H groups in total. The normalized spacial score (nSPS) is 12.6. The van der Waals surface area contributed by atoms with Gasteiger partial charge in [0.2, 0.25) is 0 Å². The van der Waals surface area contributed by atoms with E-state index in [9.17, 15) is 5.11 Å². The average Bonchev–Trinajstić information content (AvgIpc) is 2.59. The molecule has 0 aliphatic rings. The van der Waals surface area contributed by atoms with Gasteiger partial charge in [0.25, 0.3) is 0 Å². The molecule has 0 aromatic carbocycles. The van der Waals surface area contributed by atoms with Gasteiger partial charge in [0.15, 0.2) is 0 Å². The Labute approximate surface area is 149 Å². The molecule has 0 aromatic heterocycles. The van der Waals surface area contributed by atoms with E-state index >= 15 is 0 Å². The molecular weight excluding hydrogens is 308 g/mol. The Hall–Kier alpha value is -0.200. The molecule has 0 aliphatic carbocycles. The van der Waals surface area contributed by atoms with Crippen LogP contribution in [0.5, 0.6) is 0 Å². The second-order valence-corrected chi connectivity index (χ2v) is 6.15. The van der Waals surface area contributed by atoms with Crippen molar-refractivity contribution in [3.63, 3.8) is 0 Å². The van der Waals surface area contributed by atoms with Crippen molar-refractivity contribution in [2.45, 2.75) is 71.3 Å². The van der Waals surface area contributed by atoms with Gasteiger partial charge in [-0.3, -0.25) is 0 Å². The van der Waals surface area contributed by atoms with Crippen molar-refractivity contribution in [1.29, 1.82) is 0 Å². The Morgan fingerprint density at radius 1 is 0.542 bits per heavy atom. The number of hydrogen-bond acceptors (Lipinski definition) is 5. The minimum Gasteiger partial charge on any atom is -0.388 e. The van der Waals surface area contributed by atoms with Gasteiger partial charge >= 0.3 is 0 Å². The summed E-state index contributed by atoms with van der Waals surface area (Å²) in [6, 6.07) is 0. The van der Waals surface area contributed by atoms with Gasteiger partial charge < -0.3 is 24.1 Å². The Morgan fingerprint density at radius 3 is 1.50 bits per heavy atom. The number of unbranched alkanes of at least 4 members (excludes halogenated alkanes) is 6. The molecule has 0 heterocycles. The first kappa shape index (κ1) is 23.8. The summed E-state index contributed by atoms with van der Waals surface area (Å²) in [4.78, 5) is 0. The van der Waals surface area contributed by atoms with Crippen molar-refractivity contribution in [3.8, 4) is 0 Å². The molecule has 1 atom stereocenters. The van der Waals surface area contributed by atoms with Crippen molar-refractivity contribution in [2.24, 2.45) is 0 Å². The largest absolute Gasteiger partial charge is 0.388 e. The van der Waals surface area contributed by atoms with Crippen molar-refractivity contribution in [1.82, 2.24) is 0 Å². The third-order valence-electron chi connectivity index (χ3n) is 3.65. The van der Waals surface area contributed by atoms with Gasteiger partial charge in [-0.05, 0) is 12.8 Å². The SMILES string of the molecule is CCCCCCOCCOCCOC[C@H](O)COCCCCCC. The van der Waals surface area contributed by atoms with E-state index in [0.717, 1.165) is 26.1 Å². The summed E-state index contributed by atoms with van der Waals surface area (Å²) in [6.07, 6.45) is 9.10. The van der Waals surface area contributed by atoms with Gasteiger partial charge in [-0.25, -0.2) is 0 Å². The monoisotopic (exact) mass is 348 g/mol. The van der Waals surface area contributed by atoms with Crippen LogP contribution in [0.2, 0.25) is 0 Å². The first-order valence-corrected chi connectivity index (χ1v) is 9.80. The first-order chi connectivity index (χ1) is 11.8. The van der Waals surface area contributed by atoms with Crippen LogP contribution < -0.4 is 0 Å². The van der Waals surface area contributed by atoms with Crippen molar-refractivity contribution in [2.75, 3.05) is 52.9 Å². The van der Waals surface area contributed by atoms with Crippen molar-refractivity contribution < 1.29 is 24.1 Å². The van der Waals surface area contributed by atoms with Crippen molar-refractivity contribution in [3.05, 3.63) is 0 Å². The third kappa shape index (κ3) is 19.8. The maximum Gasteiger partial charge on any atom is 0.101 e. The Kier molecular flexibility index (Phi) is 20.7. The zero-order valence-corrected chi connectivity index (χ0v) is 16.0. The summed E-state index contributed by atoms with van der Waals surface area (Å²) in [6.45, 7) is 8.84. The Bertz CT molecular complexity index is 226. The molecule has 5 nitrogen and oxygen atoms in total. The molecular formula is C19H40O5. The van der Waals surface area contributed by atoms with E-state index in [2.05, 4.69) is 13.8 Å². The Morgan fingerprint density at radius 2 is 0.958 bits per heavy atom. The maximum absolute atomic E-state index is 9.70. The summed E-state index contributed by atoms with van der Waals surface area (Å²) >= 11 is 0. The standard InChI is InChI=1S/C19H40O5/c1-3-5-7-9-11-21-13-14-22-15-16-24-18-19(20)17-23-12-10-8-6-4-2/h19-20H,3-18H2,1-2H3/t19-/m1/s1. The van der Waals surface area contributed by atoms with E-state index in [-0.39, 0.29) is 0 Å². The minimum absolute atomic E-state index is 0.298. The molecule has 0 spiro atoms. The van der Waals surface area contributed by atoms with Gasteiger partial charge in [-0.15, -0.1) is 0 Å². The predicted octanol–water partition coefficient (Wildman–Crippen LogP) is 3.57. The number of ether oxygens (including phenoxy) is 4. The third-order valence-corrected chi connectivity index (χ3v) is 3.65. The fourth-order valence-corrected chi connectivity index (χ4v) is 2.19. The fourth-order valence-electron chi connectivity index (χ4n) is 2.19. The van der Waals surface area contributed by atoms with E-state index in [0.29, 0.717) is 39.6 Å². The second-order valence-electron chi connectivity index (χ2n) is 6.15. The van der Waals surface area contributed by atoms with Gasteiger partial charge in [-0.2, -0.15) is 0 Å². The van der Waals surface area contributed by atoms with Gasteiger partial charge in [0, 0.05) is 13.2 Å². The molecule has 24 heavy (non-hydrogen) atoms. The number of aliphatic hydroxyl groups is 1. The number of rotatable bonds is 20. The molecule has 0 fully saturated rings. The summed E-state index contributed by atoms with van der Waals surface area (Å²) in [5.41, 5.74) is 0. The summed E-state index contributed by atoms with van der Waals surface area (Å²) < 4.78 is 21.7. The minimum atomic E-state index is -0.553. The quantitative estimate of drug-likeness (QED) is 0.341. The molecule has 0 amide bonds. The predicted molar refractivity (Wildman–Crippen MR) is 97.6 cm³/mol. The molecule has 0 aliphatic heterocycles. The average molecular weight is 349 g/mol. The van der Waals surface area contributed by atoms with E-state index in [4.69, 9.17) is 18.9 Å². The lowest BCUT2D eigenvalue weighted by Gasteiger charge is -2.12. The van der Waals surface area contributed by atoms with Crippen LogP contribution in [0.1, 0.15) is 65.2 Å². The number of hydrogen-bond donors (Lipinski definition) is 1. The first-order valence-electron chi connectivity index (χ1n) is 9.80. The molecule has 0 radical (unpaired) electrons.